The van der Waals surface area contributed by atoms with E-state index in [-0.39, 0.29) is 6.10 Å². The molecule has 0 aliphatic heterocycles. The highest BCUT2D eigenvalue weighted by Crippen LogP contribution is 2.20. The van der Waals surface area contributed by atoms with Crippen molar-refractivity contribution in [1.29, 1.82) is 0 Å². The largest absolute Gasteiger partial charge is 0.382 e. The molecule has 0 radical (unpaired) electrons. The van der Waals surface area contributed by atoms with Crippen LogP contribution in [0.15, 0.2) is 54.6 Å². The maximum Gasteiger partial charge on any atom is 0.0715 e. The van der Waals surface area contributed by atoms with Gasteiger partial charge < -0.3 is 10.1 Å². The third-order valence-electron chi connectivity index (χ3n) is 2.99. The van der Waals surface area contributed by atoms with Crippen LogP contribution < -0.4 is 5.32 Å². The Morgan fingerprint density at radius 3 is 2.17 bits per heavy atom. The molecule has 1 unspecified atom stereocenters. The van der Waals surface area contributed by atoms with Crippen molar-refractivity contribution in [3.63, 3.8) is 0 Å². The smallest absolute Gasteiger partial charge is 0.0715 e. The lowest BCUT2D eigenvalue weighted by atomic mass is 10.1. The van der Waals surface area contributed by atoms with Crippen molar-refractivity contribution in [3.8, 4) is 11.1 Å². The summed E-state index contributed by atoms with van der Waals surface area (Å²) in [5.74, 6) is 0. The summed E-state index contributed by atoms with van der Waals surface area (Å²) in [7, 11) is 1.73. The number of rotatable bonds is 5. The monoisotopic (exact) mass is 241 g/mol. The van der Waals surface area contributed by atoms with Gasteiger partial charge in [-0.15, -0.1) is 0 Å². The Kier molecular flexibility index (Phi) is 4.37. The Morgan fingerprint density at radius 2 is 1.56 bits per heavy atom. The van der Waals surface area contributed by atoms with Crippen LogP contribution in [0.3, 0.4) is 0 Å². The molecule has 2 aromatic rings. The first-order valence-corrected chi connectivity index (χ1v) is 6.22. The van der Waals surface area contributed by atoms with Gasteiger partial charge in [0.2, 0.25) is 0 Å². The molecule has 0 saturated carbocycles. The Balaban J connectivity index is 2.02. The fourth-order valence-corrected chi connectivity index (χ4v) is 1.76. The van der Waals surface area contributed by atoms with E-state index < -0.39 is 0 Å². The Bertz CT molecular complexity index is 464. The number of benzene rings is 2. The van der Waals surface area contributed by atoms with Gasteiger partial charge >= 0.3 is 0 Å². The topological polar surface area (TPSA) is 21.3 Å². The molecule has 0 heterocycles. The van der Waals surface area contributed by atoms with Crippen LogP contribution in [-0.2, 0) is 4.74 Å². The second-order valence-corrected chi connectivity index (χ2v) is 4.37. The van der Waals surface area contributed by atoms with E-state index in [0.717, 1.165) is 12.2 Å². The number of hydrogen-bond acceptors (Lipinski definition) is 2. The van der Waals surface area contributed by atoms with Crippen molar-refractivity contribution in [2.45, 2.75) is 13.0 Å². The zero-order valence-corrected chi connectivity index (χ0v) is 10.9. The highest BCUT2D eigenvalue weighted by Gasteiger charge is 2.00. The fraction of sp³-hybridized carbons (Fsp3) is 0.250. The van der Waals surface area contributed by atoms with Crippen molar-refractivity contribution < 1.29 is 4.74 Å². The minimum Gasteiger partial charge on any atom is -0.382 e. The van der Waals surface area contributed by atoms with Gasteiger partial charge in [-0.2, -0.15) is 0 Å². The van der Waals surface area contributed by atoms with E-state index in [2.05, 4.69) is 53.8 Å². The summed E-state index contributed by atoms with van der Waals surface area (Å²) < 4.78 is 5.20. The molecule has 2 heteroatoms. The van der Waals surface area contributed by atoms with E-state index >= 15 is 0 Å². The second kappa shape index (κ2) is 6.22. The van der Waals surface area contributed by atoms with E-state index in [1.807, 2.05) is 13.0 Å². The Hall–Kier alpha value is -1.80. The van der Waals surface area contributed by atoms with Gasteiger partial charge in [-0.3, -0.25) is 0 Å². The molecule has 0 fully saturated rings. The lowest BCUT2D eigenvalue weighted by Gasteiger charge is -2.12. The molecule has 2 aromatic carbocycles. The average Bonchev–Trinajstić information content (AvgIpc) is 2.46. The summed E-state index contributed by atoms with van der Waals surface area (Å²) >= 11 is 0. The van der Waals surface area contributed by atoms with Crippen LogP contribution in [0.25, 0.3) is 11.1 Å². The molecule has 1 N–H and O–H groups in total. The van der Waals surface area contributed by atoms with Crippen molar-refractivity contribution in [2.24, 2.45) is 0 Å². The van der Waals surface area contributed by atoms with Crippen LogP contribution in [0, 0.1) is 0 Å². The summed E-state index contributed by atoms with van der Waals surface area (Å²) in [6.45, 7) is 2.87. The molecule has 2 nitrogen and oxygen atoms in total. The SMILES string of the molecule is COC(C)CNc1ccc(-c2ccccc2)cc1. The van der Waals surface area contributed by atoms with E-state index in [0.29, 0.717) is 0 Å². The molecule has 0 aliphatic rings. The normalized spacial score (nSPS) is 12.1. The van der Waals surface area contributed by atoms with Crippen LogP contribution in [-0.4, -0.2) is 19.8 Å². The van der Waals surface area contributed by atoms with Crippen molar-refractivity contribution in [2.75, 3.05) is 19.0 Å². The average molecular weight is 241 g/mol. The predicted molar refractivity (Wildman–Crippen MR) is 76.8 cm³/mol. The summed E-state index contributed by atoms with van der Waals surface area (Å²) in [6, 6.07) is 18.9. The molecule has 94 valence electrons. The zero-order valence-electron chi connectivity index (χ0n) is 10.9. The van der Waals surface area contributed by atoms with Crippen molar-refractivity contribution >= 4 is 5.69 Å². The minimum atomic E-state index is 0.221. The van der Waals surface area contributed by atoms with E-state index in [1.54, 1.807) is 7.11 Å². The van der Waals surface area contributed by atoms with E-state index in [1.165, 1.54) is 11.1 Å². The lowest BCUT2D eigenvalue weighted by molar-refractivity contribution is 0.129. The van der Waals surface area contributed by atoms with Crippen LogP contribution in [0.4, 0.5) is 5.69 Å². The highest BCUT2D eigenvalue weighted by molar-refractivity contribution is 5.65. The van der Waals surface area contributed by atoms with Gasteiger partial charge in [0.1, 0.15) is 0 Å². The first-order chi connectivity index (χ1) is 8.79. The first-order valence-electron chi connectivity index (χ1n) is 6.22. The van der Waals surface area contributed by atoms with Crippen LogP contribution in [0.2, 0.25) is 0 Å². The quantitative estimate of drug-likeness (QED) is 0.859. The third kappa shape index (κ3) is 3.34. The third-order valence-corrected chi connectivity index (χ3v) is 2.99. The minimum absolute atomic E-state index is 0.221. The van der Waals surface area contributed by atoms with Crippen molar-refractivity contribution in [3.05, 3.63) is 54.6 Å². The summed E-state index contributed by atoms with van der Waals surface area (Å²) in [5, 5.41) is 3.35. The maximum absolute atomic E-state index is 5.20. The molecule has 1 atom stereocenters. The number of anilines is 1. The zero-order chi connectivity index (χ0) is 12.8. The number of hydrogen-bond donors (Lipinski definition) is 1. The maximum atomic E-state index is 5.20. The highest BCUT2D eigenvalue weighted by atomic mass is 16.5. The molecule has 0 aromatic heterocycles. The second-order valence-electron chi connectivity index (χ2n) is 4.37. The molecule has 0 saturated heterocycles. The van der Waals surface area contributed by atoms with Gasteiger partial charge in [0.15, 0.2) is 0 Å². The molecule has 2 rings (SSSR count). The molecular formula is C16H19NO. The van der Waals surface area contributed by atoms with Gasteiger partial charge in [0.05, 0.1) is 6.10 Å². The predicted octanol–water partition coefficient (Wildman–Crippen LogP) is 3.80. The summed E-state index contributed by atoms with van der Waals surface area (Å²) in [6.07, 6.45) is 0.221. The first kappa shape index (κ1) is 12.7. The Labute approximate surface area is 109 Å². The van der Waals surface area contributed by atoms with Gasteiger partial charge in [-0.25, -0.2) is 0 Å². The summed E-state index contributed by atoms with van der Waals surface area (Å²) in [4.78, 5) is 0. The molecule has 18 heavy (non-hydrogen) atoms. The van der Waals surface area contributed by atoms with E-state index in [4.69, 9.17) is 4.74 Å². The number of ether oxygens (including phenoxy) is 1. The lowest BCUT2D eigenvalue weighted by Crippen LogP contribution is -2.17. The van der Waals surface area contributed by atoms with Gasteiger partial charge in [-0.05, 0) is 30.2 Å². The van der Waals surface area contributed by atoms with Gasteiger partial charge in [0.25, 0.3) is 0 Å². The summed E-state index contributed by atoms with van der Waals surface area (Å²) in [5.41, 5.74) is 3.61. The van der Waals surface area contributed by atoms with Crippen molar-refractivity contribution in [1.82, 2.24) is 0 Å². The molecule has 0 amide bonds. The molecule has 0 bridgehead atoms. The molecular weight excluding hydrogens is 222 g/mol. The fourth-order valence-electron chi connectivity index (χ4n) is 1.76. The van der Waals surface area contributed by atoms with Gasteiger partial charge in [0, 0.05) is 19.3 Å². The van der Waals surface area contributed by atoms with Crippen LogP contribution in [0.1, 0.15) is 6.92 Å². The number of nitrogens with one attached hydrogen (secondary N) is 1. The molecule has 0 spiro atoms. The van der Waals surface area contributed by atoms with E-state index in [9.17, 15) is 0 Å². The van der Waals surface area contributed by atoms with Gasteiger partial charge in [-0.1, -0.05) is 42.5 Å². The molecule has 0 aliphatic carbocycles. The van der Waals surface area contributed by atoms with Crippen LogP contribution >= 0.6 is 0 Å². The van der Waals surface area contributed by atoms with Crippen LogP contribution in [0.5, 0.6) is 0 Å². The Morgan fingerprint density at radius 1 is 0.944 bits per heavy atom. The standard InChI is InChI=1S/C16H19NO/c1-13(18-2)12-17-16-10-8-15(9-11-16)14-6-4-3-5-7-14/h3-11,13,17H,12H2,1-2H3. The number of methoxy groups -OCH3 is 1.